The Morgan fingerprint density at radius 3 is 2.42 bits per heavy atom. The molecule has 26 heavy (non-hydrogen) atoms. The minimum absolute atomic E-state index is 0.353. The second kappa shape index (κ2) is 9.46. The Hall–Kier alpha value is -3.02. The van der Waals surface area contributed by atoms with E-state index in [2.05, 4.69) is 5.32 Å². The van der Waals surface area contributed by atoms with Crippen molar-refractivity contribution in [2.45, 2.75) is 26.4 Å². The van der Waals surface area contributed by atoms with Crippen molar-refractivity contribution in [3.05, 3.63) is 54.1 Å². The third-order valence-electron chi connectivity index (χ3n) is 3.58. The average molecular weight is 357 g/mol. The molecule has 0 heterocycles. The highest BCUT2D eigenvalue weighted by molar-refractivity contribution is 5.98. The molecular weight excluding hydrogens is 334 g/mol. The molecule has 0 spiro atoms. The van der Waals surface area contributed by atoms with Crippen LogP contribution in [0.1, 0.15) is 30.6 Å². The van der Waals surface area contributed by atoms with Gasteiger partial charge in [-0.25, -0.2) is 4.79 Å². The second-order valence-corrected chi connectivity index (χ2v) is 5.61. The van der Waals surface area contributed by atoms with Crippen LogP contribution in [0.5, 0.6) is 11.5 Å². The summed E-state index contributed by atoms with van der Waals surface area (Å²) in [6, 6.07) is 13.6. The van der Waals surface area contributed by atoms with Crippen LogP contribution in [0.2, 0.25) is 0 Å². The van der Waals surface area contributed by atoms with Crippen LogP contribution in [0.3, 0.4) is 0 Å². The van der Waals surface area contributed by atoms with Gasteiger partial charge in [-0.15, -0.1) is 0 Å². The van der Waals surface area contributed by atoms with Gasteiger partial charge in [0.1, 0.15) is 11.5 Å². The number of ether oxygens (including phenoxy) is 3. The monoisotopic (exact) mass is 357 g/mol. The average Bonchev–Trinajstić information content (AvgIpc) is 2.67. The Labute approximate surface area is 153 Å². The molecule has 0 radical (unpaired) electrons. The lowest BCUT2D eigenvalue weighted by atomic mass is 10.2. The number of carbonyl (C=O) groups excluding carboxylic acids is 2. The molecule has 2 aromatic rings. The lowest BCUT2D eigenvalue weighted by Crippen LogP contribution is -2.30. The minimum atomic E-state index is -0.955. The molecule has 1 amide bonds. The van der Waals surface area contributed by atoms with Gasteiger partial charge in [-0.2, -0.15) is 0 Å². The summed E-state index contributed by atoms with van der Waals surface area (Å²) in [6.07, 6.45) is -0.0498. The number of hydrogen-bond acceptors (Lipinski definition) is 5. The molecule has 1 N–H and O–H groups in total. The van der Waals surface area contributed by atoms with Gasteiger partial charge in [-0.1, -0.05) is 19.1 Å². The molecule has 0 saturated heterocycles. The van der Waals surface area contributed by atoms with E-state index in [0.29, 0.717) is 29.4 Å². The van der Waals surface area contributed by atoms with Crippen molar-refractivity contribution < 1.29 is 23.8 Å². The number of benzene rings is 2. The minimum Gasteiger partial charge on any atom is -0.495 e. The van der Waals surface area contributed by atoms with Gasteiger partial charge in [0.05, 0.1) is 25.0 Å². The Kier molecular flexibility index (Phi) is 7.02. The fourth-order valence-electron chi connectivity index (χ4n) is 2.17. The zero-order valence-electron chi connectivity index (χ0n) is 15.2. The summed E-state index contributed by atoms with van der Waals surface area (Å²) in [4.78, 5) is 24.4. The number of para-hydroxylation sites is 2. The van der Waals surface area contributed by atoms with E-state index in [1.54, 1.807) is 48.5 Å². The molecule has 6 heteroatoms. The van der Waals surface area contributed by atoms with Crippen LogP contribution >= 0.6 is 0 Å². The van der Waals surface area contributed by atoms with Gasteiger partial charge >= 0.3 is 5.97 Å². The largest absolute Gasteiger partial charge is 0.495 e. The van der Waals surface area contributed by atoms with Crippen LogP contribution in [0, 0.1) is 0 Å². The summed E-state index contributed by atoms with van der Waals surface area (Å²) in [5, 5.41) is 2.69. The summed E-state index contributed by atoms with van der Waals surface area (Å²) in [5.74, 6) is 0.202. The van der Waals surface area contributed by atoms with E-state index < -0.39 is 18.0 Å². The molecule has 0 unspecified atom stereocenters. The van der Waals surface area contributed by atoms with Gasteiger partial charge in [0, 0.05) is 0 Å². The molecule has 0 aliphatic heterocycles. The topological polar surface area (TPSA) is 73.9 Å². The number of esters is 1. The first-order valence-corrected chi connectivity index (χ1v) is 8.43. The van der Waals surface area contributed by atoms with Gasteiger partial charge in [0.25, 0.3) is 5.91 Å². The Morgan fingerprint density at radius 2 is 1.77 bits per heavy atom. The molecule has 2 rings (SSSR count). The van der Waals surface area contributed by atoms with E-state index in [1.807, 2.05) is 6.92 Å². The molecule has 1 atom stereocenters. The van der Waals surface area contributed by atoms with Crippen molar-refractivity contribution in [1.29, 1.82) is 0 Å². The van der Waals surface area contributed by atoms with Crippen molar-refractivity contribution in [1.82, 2.24) is 0 Å². The zero-order chi connectivity index (χ0) is 18.9. The number of nitrogens with one attached hydrogen (secondary N) is 1. The van der Waals surface area contributed by atoms with Gasteiger partial charge in [0.2, 0.25) is 0 Å². The normalized spacial score (nSPS) is 11.3. The lowest BCUT2D eigenvalue weighted by molar-refractivity contribution is -0.123. The molecule has 0 bridgehead atoms. The van der Waals surface area contributed by atoms with E-state index >= 15 is 0 Å². The number of amides is 1. The fraction of sp³-hybridized carbons (Fsp3) is 0.300. The maximum atomic E-state index is 12.3. The van der Waals surface area contributed by atoms with Crippen LogP contribution in [-0.2, 0) is 9.53 Å². The highest BCUT2D eigenvalue weighted by Crippen LogP contribution is 2.23. The van der Waals surface area contributed by atoms with Gasteiger partial charge in [0.15, 0.2) is 6.10 Å². The number of methoxy groups -OCH3 is 1. The number of hydrogen-bond donors (Lipinski definition) is 1. The van der Waals surface area contributed by atoms with Gasteiger partial charge < -0.3 is 19.5 Å². The first-order valence-electron chi connectivity index (χ1n) is 8.43. The standard InChI is InChI=1S/C20H23NO5/c1-4-13-25-16-11-9-15(10-12-16)20(23)26-14(2)19(22)21-17-7-5-6-8-18(17)24-3/h5-12,14H,4,13H2,1-3H3,(H,21,22)/t14-/m1/s1. The summed E-state index contributed by atoms with van der Waals surface area (Å²) in [5.41, 5.74) is 0.867. The number of carbonyl (C=O) groups is 2. The summed E-state index contributed by atoms with van der Waals surface area (Å²) >= 11 is 0. The number of anilines is 1. The third kappa shape index (κ3) is 5.24. The zero-order valence-corrected chi connectivity index (χ0v) is 15.2. The van der Waals surface area contributed by atoms with Gasteiger partial charge in [-0.05, 0) is 49.7 Å². The van der Waals surface area contributed by atoms with Crippen LogP contribution in [0.4, 0.5) is 5.69 Å². The van der Waals surface area contributed by atoms with Crippen molar-refractivity contribution in [2.24, 2.45) is 0 Å². The molecule has 138 valence electrons. The fourth-order valence-corrected chi connectivity index (χ4v) is 2.17. The predicted molar refractivity (Wildman–Crippen MR) is 98.7 cm³/mol. The van der Waals surface area contributed by atoms with Crippen LogP contribution in [-0.4, -0.2) is 31.7 Å². The number of rotatable bonds is 8. The van der Waals surface area contributed by atoms with E-state index in [9.17, 15) is 9.59 Å². The highest BCUT2D eigenvalue weighted by atomic mass is 16.5. The van der Waals surface area contributed by atoms with Crippen molar-refractivity contribution in [3.8, 4) is 11.5 Å². The van der Waals surface area contributed by atoms with Gasteiger partial charge in [-0.3, -0.25) is 4.79 Å². The Bertz CT molecular complexity index is 742. The smallest absolute Gasteiger partial charge is 0.338 e. The van der Waals surface area contributed by atoms with Crippen molar-refractivity contribution in [2.75, 3.05) is 19.0 Å². The van der Waals surface area contributed by atoms with Crippen molar-refractivity contribution >= 4 is 17.6 Å². The Morgan fingerprint density at radius 1 is 1.08 bits per heavy atom. The first-order chi connectivity index (χ1) is 12.5. The molecule has 0 aliphatic carbocycles. The maximum Gasteiger partial charge on any atom is 0.338 e. The molecular formula is C20H23NO5. The maximum absolute atomic E-state index is 12.3. The van der Waals surface area contributed by atoms with E-state index in [4.69, 9.17) is 14.2 Å². The molecule has 0 aromatic heterocycles. The summed E-state index contributed by atoms with van der Waals surface area (Å²) < 4.78 is 15.9. The molecule has 0 fully saturated rings. The third-order valence-corrected chi connectivity index (χ3v) is 3.58. The van der Waals surface area contributed by atoms with Crippen molar-refractivity contribution in [3.63, 3.8) is 0 Å². The van der Waals surface area contributed by atoms with Crippen LogP contribution in [0.25, 0.3) is 0 Å². The van der Waals surface area contributed by atoms with Crippen LogP contribution in [0.15, 0.2) is 48.5 Å². The Balaban J connectivity index is 1.94. The highest BCUT2D eigenvalue weighted by Gasteiger charge is 2.20. The first kappa shape index (κ1) is 19.3. The SMILES string of the molecule is CCCOc1ccc(C(=O)O[C@H](C)C(=O)Nc2ccccc2OC)cc1. The summed E-state index contributed by atoms with van der Waals surface area (Å²) in [6.45, 7) is 4.15. The van der Waals surface area contributed by atoms with E-state index in [-0.39, 0.29) is 0 Å². The molecule has 0 aliphatic rings. The lowest BCUT2D eigenvalue weighted by Gasteiger charge is -2.15. The molecule has 2 aromatic carbocycles. The summed E-state index contributed by atoms with van der Waals surface area (Å²) in [7, 11) is 1.52. The molecule has 0 saturated carbocycles. The predicted octanol–water partition coefficient (Wildman–Crippen LogP) is 3.67. The van der Waals surface area contributed by atoms with Crippen LogP contribution < -0.4 is 14.8 Å². The van der Waals surface area contributed by atoms with E-state index in [1.165, 1.54) is 14.0 Å². The second-order valence-electron chi connectivity index (χ2n) is 5.61. The quantitative estimate of drug-likeness (QED) is 0.730. The molecule has 6 nitrogen and oxygen atoms in total. The van der Waals surface area contributed by atoms with E-state index in [0.717, 1.165) is 6.42 Å².